The van der Waals surface area contributed by atoms with E-state index in [9.17, 15) is 22.8 Å². The number of hydrogen-bond acceptors (Lipinski definition) is 3. The van der Waals surface area contributed by atoms with Gasteiger partial charge in [0.2, 0.25) is 0 Å². The highest BCUT2D eigenvalue weighted by Gasteiger charge is 2.30. The SMILES string of the molecule is O=C(NC1CCC(C(=O)O)CC1)c1cnn2cccc(Cc3cccc(C(F)(F)F)c3)c12. The Bertz CT molecular complexity index is 1150. The molecule has 2 heterocycles. The standard InChI is InChI=1S/C23H22F3N3O3/c24-23(25,26)17-5-1-3-14(12-17)11-16-4-2-10-29-20(16)19(13-27-29)21(30)28-18-8-6-15(7-9-18)22(31)32/h1-5,10,12-13,15,18H,6-9,11H2,(H,28,30)(H,31,32). The van der Waals surface area contributed by atoms with Crippen molar-refractivity contribution in [1.29, 1.82) is 0 Å². The number of benzene rings is 1. The van der Waals surface area contributed by atoms with Crippen molar-refractivity contribution < 1.29 is 27.9 Å². The minimum Gasteiger partial charge on any atom is -0.481 e. The van der Waals surface area contributed by atoms with E-state index >= 15 is 0 Å². The van der Waals surface area contributed by atoms with Crippen LogP contribution in [-0.4, -0.2) is 32.6 Å². The van der Waals surface area contributed by atoms with Gasteiger partial charge in [-0.05, 0) is 55.4 Å². The van der Waals surface area contributed by atoms with E-state index in [0.717, 1.165) is 12.1 Å². The van der Waals surface area contributed by atoms with E-state index in [4.69, 9.17) is 5.11 Å². The summed E-state index contributed by atoms with van der Waals surface area (Å²) in [5.41, 5.74) is 1.33. The lowest BCUT2D eigenvalue weighted by Gasteiger charge is -2.26. The number of aromatic nitrogens is 2. The number of aliphatic carboxylic acids is 1. The van der Waals surface area contributed by atoms with Crippen LogP contribution in [0.15, 0.2) is 48.8 Å². The molecule has 0 bridgehead atoms. The molecule has 0 radical (unpaired) electrons. The van der Waals surface area contributed by atoms with Crippen LogP contribution >= 0.6 is 0 Å². The van der Waals surface area contributed by atoms with E-state index in [1.807, 2.05) is 0 Å². The molecule has 3 aromatic rings. The molecule has 4 rings (SSSR count). The Morgan fingerprint density at radius 1 is 1.12 bits per heavy atom. The third-order valence-corrected chi connectivity index (χ3v) is 5.93. The number of carboxylic acid groups (broad SMARTS) is 1. The summed E-state index contributed by atoms with van der Waals surface area (Å²) in [6, 6.07) is 8.51. The third-order valence-electron chi connectivity index (χ3n) is 5.93. The van der Waals surface area contributed by atoms with Crippen LogP contribution in [0.25, 0.3) is 5.52 Å². The largest absolute Gasteiger partial charge is 0.481 e. The summed E-state index contributed by atoms with van der Waals surface area (Å²) in [7, 11) is 0. The van der Waals surface area contributed by atoms with E-state index in [1.165, 1.54) is 12.3 Å². The molecular formula is C23H22F3N3O3. The molecule has 1 aromatic carbocycles. The van der Waals surface area contributed by atoms with Gasteiger partial charge >= 0.3 is 12.1 Å². The third kappa shape index (κ3) is 4.61. The van der Waals surface area contributed by atoms with Crippen LogP contribution in [0.1, 0.15) is 52.7 Å². The van der Waals surface area contributed by atoms with Gasteiger partial charge in [0.1, 0.15) is 0 Å². The summed E-state index contributed by atoms with van der Waals surface area (Å²) < 4.78 is 40.8. The van der Waals surface area contributed by atoms with Gasteiger partial charge in [0.05, 0.1) is 28.8 Å². The van der Waals surface area contributed by atoms with Crippen LogP contribution < -0.4 is 5.32 Å². The number of carbonyl (C=O) groups is 2. The van der Waals surface area contributed by atoms with Crippen LogP contribution in [0.4, 0.5) is 13.2 Å². The van der Waals surface area contributed by atoms with E-state index in [2.05, 4.69) is 10.4 Å². The molecule has 2 aromatic heterocycles. The molecular weight excluding hydrogens is 423 g/mol. The lowest BCUT2D eigenvalue weighted by molar-refractivity contribution is -0.143. The van der Waals surface area contributed by atoms with Gasteiger partial charge in [0.25, 0.3) is 5.91 Å². The fourth-order valence-corrected chi connectivity index (χ4v) is 4.25. The Morgan fingerprint density at radius 3 is 2.56 bits per heavy atom. The van der Waals surface area contributed by atoms with Crippen molar-refractivity contribution in [2.45, 2.75) is 44.3 Å². The van der Waals surface area contributed by atoms with E-state index in [0.29, 0.717) is 47.9 Å². The van der Waals surface area contributed by atoms with Crippen LogP contribution in [0, 0.1) is 5.92 Å². The zero-order valence-electron chi connectivity index (χ0n) is 17.1. The first-order valence-corrected chi connectivity index (χ1v) is 10.4. The monoisotopic (exact) mass is 445 g/mol. The number of nitrogens with zero attached hydrogens (tertiary/aromatic N) is 2. The average Bonchev–Trinajstić information content (AvgIpc) is 3.19. The first-order valence-electron chi connectivity index (χ1n) is 10.4. The van der Waals surface area contributed by atoms with Crippen molar-refractivity contribution in [1.82, 2.24) is 14.9 Å². The number of amides is 1. The van der Waals surface area contributed by atoms with E-state index < -0.39 is 17.7 Å². The van der Waals surface area contributed by atoms with E-state index in [-0.39, 0.29) is 24.3 Å². The number of fused-ring (bicyclic) bond motifs is 1. The number of alkyl halides is 3. The van der Waals surface area contributed by atoms with Gasteiger partial charge < -0.3 is 10.4 Å². The molecule has 0 aliphatic heterocycles. The summed E-state index contributed by atoms with van der Waals surface area (Å²) in [6.45, 7) is 0. The number of pyridine rings is 1. The van der Waals surface area contributed by atoms with Crippen molar-refractivity contribution in [3.8, 4) is 0 Å². The fraction of sp³-hybridized carbons (Fsp3) is 0.348. The highest BCUT2D eigenvalue weighted by molar-refractivity contribution is 6.01. The van der Waals surface area contributed by atoms with E-state index in [1.54, 1.807) is 28.9 Å². The van der Waals surface area contributed by atoms with Crippen LogP contribution in [-0.2, 0) is 17.4 Å². The van der Waals surface area contributed by atoms with Gasteiger partial charge in [-0.25, -0.2) is 4.52 Å². The normalized spacial score (nSPS) is 19.1. The lowest BCUT2D eigenvalue weighted by Crippen LogP contribution is -2.38. The zero-order chi connectivity index (χ0) is 22.9. The Balaban J connectivity index is 1.56. The molecule has 0 saturated heterocycles. The van der Waals surface area contributed by atoms with Crippen LogP contribution in [0.2, 0.25) is 0 Å². The summed E-state index contributed by atoms with van der Waals surface area (Å²) in [6.07, 6.45) is 1.10. The smallest absolute Gasteiger partial charge is 0.416 e. The summed E-state index contributed by atoms with van der Waals surface area (Å²) in [5.74, 6) is -1.51. The van der Waals surface area contributed by atoms with Crippen molar-refractivity contribution in [3.05, 3.63) is 71.0 Å². The molecule has 2 N–H and O–H groups in total. The average molecular weight is 445 g/mol. The summed E-state index contributed by atoms with van der Waals surface area (Å²) >= 11 is 0. The molecule has 9 heteroatoms. The minimum absolute atomic E-state index is 0.122. The van der Waals surface area contributed by atoms with Gasteiger partial charge in [0, 0.05) is 12.2 Å². The van der Waals surface area contributed by atoms with Gasteiger partial charge in [-0.3, -0.25) is 9.59 Å². The number of halogens is 3. The first-order chi connectivity index (χ1) is 15.2. The minimum atomic E-state index is -4.43. The number of nitrogens with one attached hydrogen (secondary N) is 1. The summed E-state index contributed by atoms with van der Waals surface area (Å²) in [5, 5.41) is 16.3. The molecule has 32 heavy (non-hydrogen) atoms. The Labute approximate surface area is 182 Å². The molecule has 0 atom stereocenters. The van der Waals surface area contributed by atoms with Gasteiger partial charge in [0.15, 0.2) is 0 Å². The molecule has 1 aliphatic rings. The van der Waals surface area contributed by atoms with Crippen molar-refractivity contribution in [2.24, 2.45) is 5.92 Å². The number of carboxylic acids is 1. The summed E-state index contributed by atoms with van der Waals surface area (Å²) in [4.78, 5) is 24.1. The fourth-order valence-electron chi connectivity index (χ4n) is 4.25. The van der Waals surface area contributed by atoms with Gasteiger partial charge in [-0.1, -0.05) is 24.3 Å². The first kappa shape index (κ1) is 21.9. The maximum absolute atomic E-state index is 13.1. The highest BCUT2D eigenvalue weighted by atomic mass is 19.4. The molecule has 0 spiro atoms. The molecule has 0 unspecified atom stereocenters. The zero-order valence-corrected chi connectivity index (χ0v) is 17.1. The van der Waals surface area contributed by atoms with Crippen molar-refractivity contribution >= 4 is 17.4 Å². The Morgan fingerprint density at radius 2 is 1.88 bits per heavy atom. The maximum atomic E-state index is 13.1. The predicted molar refractivity (Wildman–Crippen MR) is 110 cm³/mol. The van der Waals surface area contributed by atoms with Crippen molar-refractivity contribution in [2.75, 3.05) is 0 Å². The maximum Gasteiger partial charge on any atom is 0.416 e. The van der Waals surface area contributed by atoms with Crippen LogP contribution in [0.5, 0.6) is 0 Å². The van der Waals surface area contributed by atoms with Gasteiger partial charge in [-0.2, -0.15) is 18.3 Å². The topological polar surface area (TPSA) is 83.7 Å². The number of rotatable bonds is 5. The second-order valence-electron chi connectivity index (χ2n) is 8.12. The lowest BCUT2D eigenvalue weighted by atomic mass is 9.86. The van der Waals surface area contributed by atoms with Gasteiger partial charge in [-0.15, -0.1) is 0 Å². The Kier molecular flexibility index (Phi) is 5.90. The second-order valence-corrected chi connectivity index (χ2v) is 8.12. The second kappa shape index (κ2) is 8.64. The molecule has 1 aliphatic carbocycles. The molecule has 1 saturated carbocycles. The molecule has 1 fully saturated rings. The number of carbonyl (C=O) groups excluding carboxylic acids is 1. The van der Waals surface area contributed by atoms with Crippen molar-refractivity contribution in [3.63, 3.8) is 0 Å². The Hall–Kier alpha value is -3.36. The molecule has 168 valence electrons. The van der Waals surface area contributed by atoms with Crippen LogP contribution in [0.3, 0.4) is 0 Å². The predicted octanol–water partition coefficient (Wildman–Crippen LogP) is 4.32. The highest BCUT2D eigenvalue weighted by Crippen LogP contribution is 2.30. The quantitative estimate of drug-likeness (QED) is 0.613. The molecule has 6 nitrogen and oxygen atoms in total. The molecule has 1 amide bonds. The number of hydrogen-bond donors (Lipinski definition) is 2.